The average Bonchev–Trinajstić information content (AvgIpc) is 2.73. The number of rotatable bonds is 3. The zero-order chi connectivity index (χ0) is 9.42. The number of ether oxygens (including phenoxy) is 1. The summed E-state index contributed by atoms with van der Waals surface area (Å²) >= 11 is 0. The molecule has 2 aliphatic carbocycles. The molecule has 0 heterocycles. The summed E-state index contributed by atoms with van der Waals surface area (Å²) in [5.41, 5.74) is 5.69. The van der Waals surface area contributed by atoms with Gasteiger partial charge in [0.05, 0.1) is 7.11 Å². The maximum absolute atomic E-state index is 11.0. The lowest BCUT2D eigenvalue weighted by molar-refractivity contribution is -0.142. The van der Waals surface area contributed by atoms with Crippen LogP contribution in [0.25, 0.3) is 0 Å². The molecule has 0 radical (unpaired) electrons. The second-order valence-corrected chi connectivity index (χ2v) is 4.46. The fraction of sp³-hybridized carbons (Fsp3) is 0.900. The highest BCUT2D eigenvalue weighted by Crippen LogP contribution is 2.55. The van der Waals surface area contributed by atoms with Gasteiger partial charge in [0, 0.05) is 0 Å². The predicted octanol–water partition coefficient (Wildman–Crippen LogP) is 0.923. The first kappa shape index (κ1) is 9.00. The Hall–Kier alpha value is -0.570. The van der Waals surface area contributed by atoms with Crippen molar-refractivity contribution in [1.29, 1.82) is 0 Å². The highest BCUT2D eigenvalue weighted by Gasteiger charge is 2.46. The van der Waals surface area contributed by atoms with E-state index in [-0.39, 0.29) is 5.97 Å². The Labute approximate surface area is 78.6 Å². The number of hydrogen-bond donors (Lipinski definition) is 1. The predicted molar refractivity (Wildman–Crippen MR) is 48.9 cm³/mol. The molecule has 3 nitrogen and oxygen atoms in total. The first-order chi connectivity index (χ1) is 6.20. The fourth-order valence-corrected chi connectivity index (χ4v) is 2.64. The quantitative estimate of drug-likeness (QED) is 0.662. The molecule has 0 aromatic carbocycles. The number of methoxy groups -OCH3 is 1. The average molecular weight is 183 g/mol. The third kappa shape index (κ3) is 1.85. The summed E-state index contributed by atoms with van der Waals surface area (Å²) in [6, 6.07) is -0.396. The van der Waals surface area contributed by atoms with E-state index in [9.17, 15) is 4.79 Å². The molecule has 0 amide bonds. The number of carbonyl (C=O) groups excluding carboxylic acids is 1. The highest BCUT2D eigenvalue weighted by atomic mass is 16.5. The van der Waals surface area contributed by atoms with Gasteiger partial charge in [-0.2, -0.15) is 0 Å². The second-order valence-electron chi connectivity index (χ2n) is 4.46. The van der Waals surface area contributed by atoms with E-state index in [0.29, 0.717) is 5.92 Å². The van der Waals surface area contributed by atoms with Gasteiger partial charge in [-0.25, -0.2) is 0 Å². The molecule has 0 aromatic rings. The molecule has 2 rings (SSSR count). The lowest BCUT2D eigenvalue weighted by Crippen LogP contribution is -2.33. The Morgan fingerprint density at radius 2 is 2.08 bits per heavy atom. The topological polar surface area (TPSA) is 52.3 Å². The van der Waals surface area contributed by atoms with E-state index in [4.69, 9.17) is 5.73 Å². The Bertz CT molecular complexity index is 207. The van der Waals surface area contributed by atoms with Crippen LogP contribution in [0.15, 0.2) is 0 Å². The molecular weight excluding hydrogens is 166 g/mol. The van der Waals surface area contributed by atoms with Gasteiger partial charge in [0.25, 0.3) is 0 Å². The SMILES string of the molecule is COC(=O)C(N)CC1CC2CC2C1. The van der Waals surface area contributed by atoms with E-state index in [0.717, 1.165) is 18.3 Å². The van der Waals surface area contributed by atoms with Gasteiger partial charge in [0.1, 0.15) is 6.04 Å². The minimum Gasteiger partial charge on any atom is -0.468 e. The minimum atomic E-state index is -0.396. The van der Waals surface area contributed by atoms with Crippen molar-refractivity contribution in [2.24, 2.45) is 23.5 Å². The minimum absolute atomic E-state index is 0.263. The zero-order valence-electron chi connectivity index (χ0n) is 8.03. The largest absolute Gasteiger partial charge is 0.468 e. The molecule has 13 heavy (non-hydrogen) atoms. The van der Waals surface area contributed by atoms with Crippen LogP contribution in [0.3, 0.4) is 0 Å². The normalized spacial score (nSPS) is 38.2. The molecule has 2 aliphatic rings. The molecule has 74 valence electrons. The summed E-state index contributed by atoms with van der Waals surface area (Å²) in [4.78, 5) is 11.0. The van der Waals surface area contributed by atoms with E-state index < -0.39 is 6.04 Å². The molecular formula is C10H17NO2. The van der Waals surface area contributed by atoms with E-state index in [1.807, 2.05) is 0 Å². The Morgan fingerprint density at radius 3 is 2.62 bits per heavy atom. The van der Waals surface area contributed by atoms with Gasteiger partial charge in [0.2, 0.25) is 0 Å². The number of hydrogen-bond acceptors (Lipinski definition) is 3. The van der Waals surface area contributed by atoms with Crippen LogP contribution in [0.2, 0.25) is 0 Å². The van der Waals surface area contributed by atoms with E-state index >= 15 is 0 Å². The van der Waals surface area contributed by atoms with Gasteiger partial charge in [-0.1, -0.05) is 0 Å². The van der Waals surface area contributed by atoms with Crippen molar-refractivity contribution in [3.63, 3.8) is 0 Å². The molecule has 0 spiro atoms. The van der Waals surface area contributed by atoms with E-state index in [1.165, 1.54) is 26.4 Å². The third-order valence-electron chi connectivity index (χ3n) is 3.43. The van der Waals surface area contributed by atoms with E-state index in [2.05, 4.69) is 4.74 Å². The van der Waals surface area contributed by atoms with Crippen LogP contribution >= 0.6 is 0 Å². The Kier molecular flexibility index (Phi) is 2.28. The van der Waals surface area contributed by atoms with Crippen LogP contribution in [0, 0.1) is 17.8 Å². The van der Waals surface area contributed by atoms with Crippen LogP contribution in [-0.2, 0) is 9.53 Å². The molecule has 0 bridgehead atoms. The maximum atomic E-state index is 11.0. The van der Waals surface area contributed by atoms with Crippen LogP contribution in [0.1, 0.15) is 25.7 Å². The molecule has 3 heteroatoms. The van der Waals surface area contributed by atoms with Crippen molar-refractivity contribution in [2.45, 2.75) is 31.7 Å². The van der Waals surface area contributed by atoms with Gasteiger partial charge >= 0.3 is 5.97 Å². The van der Waals surface area contributed by atoms with Crippen molar-refractivity contribution >= 4 is 5.97 Å². The smallest absolute Gasteiger partial charge is 0.322 e. The van der Waals surface area contributed by atoms with E-state index in [1.54, 1.807) is 0 Å². The summed E-state index contributed by atoms with van der Waals surface area (Å²) < 4.78 is 4.60. The molecule has 0 saturated heterocycles. The fourth-order valence-electron chi connectivity index (χ4n) is 2.64. The Balaban J connectivity index is 1.74. The molecule has 3 atom stereocenters. The molecule has 2 N–H and O–H groups in total. The standard InChI is InChI=1S/C10H17NO2/c1-13-10(12)9(11)4-6-2-7-5-8(7)3-6/h6-9H,2-5,11H2,1H3. The van der Waals surface area contributed by atoms with Crippen LogP contribution < -0.4 is 5.73 Å². The number of carbonyl (C=O) groups is 1. The van der Waals surface area contributed by atoms with Crippen molar-refractivity contribution < 1.29 is 9.53 Å². The first-order valence-electron chi connectivity index (χ1n) is 5.04. The molecule has 2 saturated carbocycles. The van der Waals surface area contributed by atoms with Crippen LogP contribution in [-0.4, -0.2) is 19.1 Å². The summed E-state index contributed by atoms with van der Waals surface area (Å²) in [6.45, 7) is 0. The summed E-state index contributed by atoms with van der Waals surface area (Å²) in [7, 11) is 1.40. The number of nitrogens with two attached hydrogens (primary N) is 1. The molecule has 0 aromatic heterocycles. The monoisotopic (exact) mass is 183 g/mol. The van der Waals surface area contributed by atoms with Crippen molar-refractivity contribution in [1.82, 2.24) is 0 Å². The van der Waals surface area contributed by atoms with Crippen LogP contribution in [0.4, 0.5) is 0 Å². The van der Waals surface area contributed by atoms with Crippen LogP contribution in [0.5, 0.6) is 0 Å². The molecule has 2 fully saturated rings. The molecule has 3 unspecified atom stereocenters. The third-order valence-corrected chi connectivity index (χ3v) is 3.43. The summed E-state index contributed by atoms with van der Waals surface area (Å²) in [5, 5.41) is 0. The van der Waals surface area contributed by atoms with Gasteiger partial charge in [-0.15, -0.1) is 0 Å². The number of esters is 1. The van der Waals surface area contributed by atoms with Crippen molar-refractivity contribution in [3.8, 4) is 0 Å². The lowest BCUT2D eigenvalue weighted by Gasteiger charge is -2.15. The summed E-state index contributed by atoms with van der Waals surface area (Å²) in [5.74, 6) is 2.35. The molecule has 0 aliphatic heterocycles. The van der Waals surface area contributed by atoms with Gasteiger partial charge < -0.3 is 10.5 Å². The second kappa shape index (κ2) is 3.29. The lowest BCUT2D eigenvalue weighted by atomic mass is 9.95. The van der Waals surface area contributed by atoms with Gasteiger partial charge in [0.15, 0.2) is 0 Å². The van der Waals surface area contributed by atoms with Gasteiger partial charge in [-0.3, -0.25) is 4.79 Å². The Morgan fingerprint density at radius 1 is 1.46 bits per heavy atom. The number of fused-ring (bicyclic) bond motifs is 1. The van der Waals surface area contributed by atoms with Crippen molar-refractivity contribution in [2.75, 3.05) is 7.11 Å². The highest BCUT2D eigenvalue weighted by molar-refractivity contribution is 5.75. The van der Waals surface area contributed by atoms with Gasteiger partial charge in [-0.05, 0) is 43.4 Å². The zero-order valence-corrected chi connectivity index (χ0v) is 8.03. The first-order valence-corrected chi connectivity index (χ1v) is 5.04. The summed E-state index contributed by atoms with van der Waals surface area (Å²) in [6.07, 6.45) is 4.81. The van der Waals surface area contributed by atoms with Crippen molar-refractivity contribution in [3.05, 3.63) is 0 Å². The maximum Gasteiger partial charge on any atom is 0.322 e.